The molecule has 3 atom stereocenters. The van der Waals surface area contributed by atoms with E-state index in [-0.39, 0.29) is 29.7 Å². The van der Waals surface area contributed by atoms with Crippen molar-refractivity contribution < 1.29 is 18.3 Å². The van der Waals surface area contributed by atoms with Crippen molar-refractivity contribution in [2.24, 2.45) is 5.92 Å². The van der Waals surface area contributed by atoms with Crippen LogP contribution in [0.1, 0.15) is 35.8 Å². The summed E-state index contributed by atoms with van der Waals surface area (Å²) in [5, 5.41) is 7.79. The maximum Gasteiger partial charge on any atom is 0.246 e. The van der Waals surface area contributed by atoms with Gasteiger partial charge in [-0.25, -0.2) is 4.39 Å². The average Bonchev–Trinajstić information content (AvgIpc) is 3.28. The number of nitrogens with zero attached hydrogens (tertiary/aromatic N) is 3. The molecule has 2 heterocycles. The van der Waals surface area contributed by atoms with Gasteiger partial charge in [0.15, 0.2) is 6.10 Å². The lowest BCUT2D eigenvalue weighted by molar-refractivity contribution is -0.141. The second-order valence-corrected chi connectivity index (χ2v) is 6.30. The highest BCUT2D eigenvalue weighted by Gasteiger charge is 2.46. The maximum absolute atomic E-state index is 13.0. The smallest absolute Gasteiger partial charge is 0.246 e. The molecule has 1 amide bonds. The van der Waals surface area contributed by atoms with Gasteiger partial charge in [0.05, 0.1) is 13.2 Å². The Labute approximate surface area is 138 Å². The van der Waals surface area contributed by atoms with Gasteiger partial charge in [0, 0.05) is 19.4 Å². The van der Waals surface area contributed by atoms with E-state index in [9.17, 15) is 9.18 Å². The lowest BCUT2D eigenvalue weighted by Crippen LogP contribution is -2.43. The molecule has 2 aromatic rings. The number of aryl methyl sites for hydroxylation is 1. The molecule has 0 N–H and O–H groups in total. The molecular formula is C17H18FN3O3. The summed E-state index contributed by atoms with van der Waals surface area (Å²) in [6.07, 6.45) is 0.443. The highest BCUT2D eigenvalue weighted by molar-refractivity contribution is 5.83. The summed E-state index contributed by atoms with van der Waals surface area (Å²) in [6.45, 7) is 3.16. The predicted octanol–water partition coefficient (Wildman–Crippen LogP) is 2.22. The molecule has 6 nitrogen and oxygen atoms in total. The number of carbonyl (C=O) groups is 1. The summed E-state index contributed by atoms with van der Waals surface area (Å²) < 4.78 is 24.1. The molecule has 1 aliphatic heterocycles. The number of hydrogen-bond acceptors (Lipinski definition) is 5. The molecule has 2 fully saturated rings. The van der Waals surface area contributed by atoms with E-state index in [4.69, 9.17) is 9.15 Å². The van der Waals surface area contributed by atoms with Crippen LogP contribution in [0.2, 0.25) is 0 Å². The SMILES string of the molecule is Cc1nnc([C@@H]2CN(C(=O)[C@@H]3C[C@H]3c3ccc(F)cc3)CCO2)o1. The molecule has 1 aromatic carbocycles. The van der Waals surface area contributed by atoms with Crippen LogP contribution in [-0.2, 0) is 9.53 Å². The number of aromatic nitrogens is 2. The molecule has 7 heteroatoms. The number of hydrogen-bond donors (Lipinski definition) is 0. The number of rotatable bonds is 3. The van der Waals surface area contributed by atoms with Gasteiger partial charge in [0.2, 0.25) is 17.7 Å². The van der Waals surface area contributed by atoms with Crippen LogP contribution in [0.3, 0.4) is 0 Å². The summed E-state index contributed by atoms with van der Waals surface area (Å²) in [6, 6.07) is 6.41. The Bertz CT molecular complexity index is 746. The molecule has 2 aliphatic rings. The van der Waals surface area contributed by atoms with E-state index in [1.807, 2.05) is 4.90 Å². The Balaban J connectivity index is 1.41. The van der Waals surface area contributed by atoms with Crippen molar-refractivity contribution in [3.63, 3.8) is 0 Å². The average molecular weight is 331 g/mol. The molecule has 0 bridgehead atoms. The first kappa shape index (κ1) is 15.3. The number of amides is 1. The highest BCUT2D eigenvalue weighted by Crippen LogP contribution is 2.48. The van der Waals surface area contributed by atoms with Crippen LogP contribution < -0.4 is 0 Å². The van der Waals surface area contributed by atoms with Crippen molar-refractivity contribution in [1.82, 2.24) is 15.1 Å². The third-order valence-electron chi connectivity index (χ3n) is 4.60. The van der Waals surface area contributed by atoms with Crippen molar-refractivity contribution in [2.45, 2.75) is 25.4 Å². The zero-order valence-corrected chi connectivity index (χ0v) is 13.3. The Hall–Kier alpha value is -2.28. The van der Waals surface area contributed by atoms with Gasteiger partial charge < -0.3 is 14.1 Å². The largest absolute Gasteiger partial charge is 0.423 e. The monoisotopic (exact) mass is 331 g/mol. The normalized spacial score (nSPS) is 26.4. The van der Waals surface area contributed by atoms with Gasteiger partial charge in [0.1, 0.15) is 5.82 Å². The van der Waals surface area contributed by atoms with Crippen molar-refractivity contribution in [3.8, 4) is 0 Å². The van der Waals surface area contributed by atoms with Crippen LogP contribution in [0.4, 0.5) is 4.39 Å². The Morgan fingerprint density at radius 1 is 1.29 bits per heavy atom. The number of morpholine rings is 1. The van der Waals surface area contributed by atoms with E-state index in [0.29, 0.717) is 31.5 Å². The summed E-state index contributed by atoms with van der Waals surface area (Å²) in [4.78, 5) is 14.5. The topological polar surface area (TPSA) is 68.5 Å². The fraction of sp³-hybridized carbons (Fsp3) is 0.471. The van der Waals surface area contributed by atoms with Gasteiger partial charge in [-0.2, -0.15) is 0 Å². The van der Waals surface area contributed by atoms with E-state index in [1.165, 1.54) is 12.1 Å². The Morgan fingerprint density at radius 2 is 2.08 bits per heavy atom. The second kappa shape index (κ2) is 5.98. The van der Waals surface area contributed by atoms with Crippen LogP contribution >= 0.6 is 0 Å². The molecular weight excluding hydrogens is 313 g/mol. The van der Waals surface area contributed by atoms with E-state index in [0.717, 1.165) is 12.0 Å². The molecule has 24 heavy (non-hydrogen) atoms. The van der Waals surface area contributed by atoms with Crippen molar-refractivity contribution in [2.75, 3.05) is 19.7 Å². The first-order valence-electron chi connectivity index (χ1n) is 8.07. The van der Waals surface area contributed by atoms with Gasteiger partial charge in [0.25, 0.3) is 0 Å². The molecule has 0 spiro atoms. The zero-order chi connectivity index (χ0) is 16.7. The number of halogens is 1. The van der Waals surface area contributed by atoms with Crippen LogP contribution in [-0.4, -0.2) is 40.7 Å². The molecule has 1 saturated heterocycles. The Morgan fingerprint density at radius 3 is 2.79 bits per heavy atom. The van der Waals surface area contributed by atoms with Gasteiger partial charge in [-0.05, 0) is 30.0 Å². The van der Waals surface area contributed by atoms with Gasteiger partial charge in [-0.1, -0.05) is 12.1 Å². The lowest BCUT2D eigenvalue weighted by Gasteiger charge is -2.31. The molecule has 1 aromatic heterocycles. The van der Waals surface area contributed by atoms with Crippen molar-refractivity contribution in [1.29, 1.82) is 0 Å². The predicted molar refractivity (Wildman–Crippen MR) is 81.6 cm³/mol. The van der Waals surface area contributed by atoms with Crippen LogP contribution in [0.15, 0.2) is 28.7 Å². The van der Waals surface area contributed by atoms with E-state index < -0.39 is 0 Å². The molecule has 1 saturated carbocycles. The second-order valence-electron chi connectivity index (χ2n) is 6.30. The first-order chi connectivity index (χ1) is 11.6. The van der Waals surface area contributed by atoms with E-state index in [1.54, 1.807) is 19.1 Å². The minimum Gasteiger partial charge on any atom is -0.423 e. The fourth-order valence-electron chi connectivity index (χ4n) is 3.22. The Kier molecular flexibility index (Phi) is 3.80. The van der Waals surface area contributed by atoms with Gasteiger partial charge in [-0.15, -0.1) is 10.2 Å². The number of carbonyl (C=O) groups excluding carboxylic acids is 1. The van der Waals surface area contributed by atoms with Crippen molar-refractivity contribution in [3.05, 3.63) is 47.4 Å². The lowest BCUT2D eigenvalue weighted by atomic mass is 10.1. The molecule has 4 rings (SSSR count). The van der Waals surface area contributed by atoms with E-state index in [2.05, 4.69) is 10.2 Å². The summed E-state index contributed by atoms with van der Waals surface area (Å²) in [7, 11) is 0. The number of ether oxygens (including phenoxy) is 1. The minimum atomic E-state index is -0.369. The number of benzene rings is 1. The molecule has 126 valence electrons. The summed E-state index contributed by atoms with van der Waals surface area (Å²) >= 11 is 0. The van der Waals surface area contributed by atoms with Crippen molar-refractivity contribution >= 4 is 5.91 Å². The third-order valence-corrected chi connectivity index (χ3v) is 4.60. The fourth-order valence-corrected chi connectivity index (χ4v) is 3.22. The van der Waals surface area contributed by atoms with E-state index >= 15 is 0 Å². The summed E-state index contributed by atoms with van der Waals surface area (Å²) in [5.41, 5.74) is 1.02. The quantitative estimate of drug-likeness (QED) is 0.863. The van der Waals surface area contributed by atoms with Crippen LogP contribution in [0.5, 0.6) is 0 Å². The van der Waals surface area contributed by atoms with Gasteiger partial charge >= 0.3 is 0 Å². The van der Waals surface area contributed by atoms with Gasteiger partial charge in [-0.3, -0.25) is 4.79 Å². The summed E-state index contributed by atoms with van der Waals surface area (Å²) in [5.74, 6) is 0.914. The molecule has 0 radical (unpaired) electrons. The highest BCUT2D eigenvalue weighted by atomic mass is 19.1. The van der Waals surface area contributed by atoms with Crippen LogP contribution in [0.25, 0.3) is 0 Å². The third kappa shape index (κ3) is 2.91. The standard InChI is InChI=1S/C17H18FN3O3/c1-10-19-20-16(24-10)15-9-21(6-7-23-15)17(22)14-8-13(14)11-2-4-12(18)5-3-11/h2-5,13-15H,6-9H2,1H3/t13-,14+,15-/m0/s1. The first-order valence-corrected chi connectivity index (χ1v) is 8.07. The minimum absolute atomic E-state index is 0.0290. The van der Waals surface area contributed by atoms with Crippen LogP contribution in [0, 0.1) is 18.7 Å². The zero-order valence-electron chi connectivity index (χ0n) is 13.3. The maximum atomic E-state index is 13.0. The molecule has 1 aliphatic carbocycles. The molecule has 0 unspecified atom stereocenters.